The quantitative estimate of drug-likeness (QED) is 0.825. The highest BCUT2D eigenvalue weighted by molar-refractivity contribution is 5.22. The SMILES string of the molecule is Cc1ncc(CN2C[C@@H]3C[C@H](C2)c2ccc(CN4CCC[C@H](O)C4)c(=O)n2C3)n1C. The monoisotopic (exact) mass is 411 g/mol. The normalized spacial score (nSPS) is 27.2. The number of hydrogen-bond donors (Lipinski definition) is 1. The number of likely N-dealkylation sites (tertiary alicyclic amines) is 2. The molecular weight excluding hydrogens is 378 g/mol. The van der Waals surface area contributed by atoms with Crippen LogP contribution in [0.3, 0.4) is 0 Å². The van der Waals surface area contributed by atoms with Gasteiger partial charge in [-0.1, -0.05) is 6.07 Å². The lowest BCUT2D eigenvalue weighted by Crippen LogP contribution is -2.47. The van der Waals surface area contributed by atoms with Crippen LogP contribution in [0.25, 0.3) is 0 Å². The average Bonchev–Trinajstić information content (AvgIpc) is 3.03. The molecule has 2 aromatic rings. The zero-order valence-electron chi connectivity index (χ0n) is 18.1. The van der Waals surface area contributed by atoms with E-state index in [1.807, 2.05) is 19.2 Å². The van der Waals surface area contributed by atoms with Gasteiger partial charge >= 0.3 is 0 Å². The van der Waals surface area contributed by atoms with Crippen molar-refractivity contribution in [1.82, 2.24) is 23.9 Å². The Hall–Kier alpha value is -1.96. The van der Waals surface area contributed by atoms with Crippen molar-refractivity contribution in [1.29, 1.82) is 0 Å². The van der Waals surface area contributed by atoms with Crippen molar-refractivity contribution in [2.24, 2.45) is 13.0 Å². The van der Waals surface area contributed by atoms with E-state index < -0.39 is 0 Å². The standard InChI is InChI=1S/C23H33N5O2/c1-16-24-9-20(25(16)2)14-27-10-17-8-19(13-27)22-6-5-18(23(30)28(22)11-17)12-26-7-3-4-21(29)15-26/h5-6,9,17,19,21,29H,3-4,7-8,10-15H2,1-2H3/t17-,19+,21-/m0/s1. The largest absolute Gasteiger partial charge is 0.392 e. The van der Waals surface area contributed by atoms with E-state index >= 15 is 0 Å². The minimum absolute atomic E-state index is 0.179. The molecule has 3 aliphatic rings. The third kappa shape index (κ3) is 3.74. The summed E-state index contributed by atoms with van der Waals surface area (Å²) in [5, 5.41) is 9.94. The second-order valence-electron chi connectivity index (χ2n) is 9.58. The summed E-state index contributed by atoms with van der Waals surface area (Å²) in [6.45, 7) is 8.11. The van der Waals surface area contributed by atoms with Crippen molar-refractivity contribution < 1.29 is 5.11 Å². The number of β-amino-alcohol motifs (C(OH)–C–C–N with tert-alkyl or cyclic N) is 1. The van der Waals surface area contributed by atoms with Gasteiger partial charge in [0.25, 0.3) is 5.56 Å². The predicted molar refractivity (Wildman–Crippen MR) is 115 cm³/mol. The number of imidazole rings is 1. The molecule has 0 unspecified atom stereocenters. The summed E-state index contributed by atoms with van der Waals surface area (Å²) in [5.74, 6) is 1.99. The summed E-state index contributed by atoms with van der Waals surface area (Å²) in [7, 11) is 2.08. The number of aliphatic hydroxyl groups excluding tert-OH is 1. The molecule has 0 amide bonds. The first kappa shape index (κ1) is 20.0. The highest BCUT2D eigenvalue weighted by atomic mass is 16.3. The fourth-order valence-corrected chi connectivity index (χ4v) is 5.68. The smallest absolute Gasteiger partial charge is 0.255 e. The Labute approximate surface area is 177 Å². The second-order valence-corrected chi connectivity index (χ2v) is 9.58. The van der Waals surface area contributed by atoms with Crippen molar-refractivity contribution >= 4 is 0 Å². The van der Waals surface area contributed by atoms with Crippen molar-refractivity contribution in [3.63, 3.8) is 0 Å². The molecule has 2 saturated heterocycles. The van der Waals surface area contributed by atoms with Gasteiger partial charge in [0, 0.05) is 69.7 Å². The highest BCUT2D eigenvalue weighted by Crippen LogP contribution is 2.35. The first-order chi connectivity index (χ1) is 14.5. The summed E-state index contributed by atoms with van der Waals surface area (Å²) >= 11 is 0. The van der Waals surface area contributed by atoms with E-state index in [9.17, 15) is 9.90 Å². The molecule has 0 aromatic carbocycles. The summed E-state index contributed by atoms with van der Waals surface area (Å²) < 4.78 is 4.23. The van der Waals surface area contributed by atoms with Crippen LogP contribution >= 0.6 is 0 Å². The number of hydrogen-bond acceptors (Lipinski definition) is 5. The lowest BCUT2D eigenvalue weighted by atomic mass is 9.83. The van der Waals surface area contributed by atoms with Gasteiger partial charge < -0.3 is 14.2 Å². The molecule has 0 aliphatic carbocycles. The summed E-state index contributed by atoms with van der Waals surface area (Å²) in [4.78, 5) is 22.5. The predicted octanol–water partition coefficient (Wildman–Crippen LogP) is 1.47. The van der Waals surface area contributed by atoms with Crippen LogP contribution in [-0.4, -0.2) is 61.3 Å². The number of aliphatic hydroxyl groups is 1. The minimum atomic E-state index is -0.257. The molecule has 0 saturated carbocycles. The van der Waals surface area contributed by atoms with Crippen molar-refractivity contribution in [3.05, 3.63) is 51.5 Å². The Morgan fingerprint density at radius 3 is 2.77 bits per heavy atom. The Morgan fingerprint density at radius 1 is 1.13 bits per heavy atom. The van der Waals surface area contributed by atoms with Crippen LogP contribution in [0.5, 0.6) is 0 Å². The average molecular weight is 412 g/mol. The number of fused-ring (bicyclic) bond motifs is 4. The molecule has 3 atom stereocenters. The summed E-state index contributed by atoms with van der Waals surface area (Å²) in [5.41, 5.74) is 3.50. The van der Waals surface area contributed by atoms with E-state index in [1.165, 1.54) is 17.8 Å². The summed E-state index contributed by atoms with van der Waals surface area (Å²) in [6, 6.07) is 4.23. The van der Waals surface area contributed by atoms with Gasteiger partial charge in [0.05, 0.1) is 11.8 Å². The number of nitrogens with zero attached hydrogens (tertiary/aromatic N) is 5. The van der Waals surface area contributed by atoms with Gasteiger partial charge in [0.15, 0.2) is 0 Å². The Balaban J connectivity index is 1.33. The third-order valence-corrected chi connectivity index (χ3v) is 7.34. The topological polar surface area (TPSA) is 66.5 Å². The number of aromatic nitrogens is 3. The molecule has 2 aromatic heterocycles. The van der Waals surface area contributed by atoms with Crippen LogP contribution in [-0.2, 0) is 26.7 Å². The van der Waals surface area contributed by atoms with Gasteiger partial charge in [0.2, 0.25) is 0 Å². The maximum Gasteiger partial charge on any atom is 0.255 e. The molecule has 5 rings (SSSR count). The molecule has 7 nitrogen and oxygen atoms in total. The maximum atomic E-state index is 13.3. The fraction of sp³-hybridized carbons (Fsp3) is 0.652. The second kappa shape index (κ2) is 7.94. The molecule has 30 heavy (non-hydrogen) atoms. The van der Waals surface area contributed by atoms with Crippen molar-refractivity contribution in [2.75, 3.05) is 26.2 Å². The number of rotatable bonds is 4. The fourth-order valence-electron chi connectivity index (χ4n) is 5.68. The van der Waals surface area contributed by atoms with Crippen LogP contribution in [0.15, 0.2) is 23.1 Å². The minimum Gasteiger partial charge on any atom is -0.392 e. The van der Waals surface area contributed by atoms with Crippen molar-refractivity contribution in [2.45, 2.75) is 57.8 Å². The van der Waals surface area contributed by atoms with Gasteiger partial charge in [-0.05, 0) is 44.7 Å². The van der Waals surface area contributed by atoms with E-state index in [1.54, 1.807) is 0 Å². The van der Waals surface area contributed by atoms with E-state index in [-0.39, 0.29) is 11.7 Å². The third-order valence-electron chi connectivity index (χ3n) is 7.34. The van der Waals surface area contributed by atoms with E-state index in [0.29, 0.717) is 24.9 Å². The number of piperidine rings is 2. The number of aryl methyl sites for hydroxylation is 1. The van der Waals surface area contributed by atoms with Gasteiger partial charge in [-0.3, -0.25) is 14.6 Å². The number of pyridine rings is 1. The van der Waals surface area contributed by atoms with Gasteiger partial charge in [-0.25, -0.2) is 4.98 Å². The molecule has 0 spiro atoms. The zero-order valence-corrected chi connectivity index (χ0v) is 18.1. The molecule has 2 fully saturated rings. The highest BCUT2D eigenvalue weighted by Gasteiger charge is 2.35. The first-order valence-corrected chi connectivity index (χ1v) is 11.3. The molecule has 2 bridgehead atoms. The van der Waals surface area contributed by atoms with Crippen molar-refractivity contribution in [3.8, 4) is 0 Å². The first-order valence-electron chi connectivity index (χ1n) is 11.3. The molecule has 7 heteroatoms. The van der Waals surface area contributed by atoms with E-state index in [4.69, 9.17) is 0 Å². The summed E-state index contributed by atoms with van der Waals surface area (Å²) in [6.07, 6.45) is 4.79. The molecule has 1 N–H and O–H groups in total. The van der Waals surface area contributed by atoms with E-state index in [2.05, 4.69) is 37.0 Å². The van der Waals surface area contributed by atoms with Crippen LogP contribution in [0.4, 0.5) is 0 Å². The molecule has 162 valence electrons. The van der Waals surface area contributed by atoms with Gasteiger partial charge in [0.1, 0.15) is 5.82 Å². The lowest BCUT2D eigenvalue weighted by molar-refractivity contribution is 0.0663. The molecular formula is C23H33N5O2. The van der Waals surface area contributed by atoms with Gasteiger partial charge in [-0.2, -0.15) is 0 Å². The Morgan fingerprint density at radius 2 is 2.00 bits per heavy atom. The maximum absolute atomic E-state index is 13.3. The Kier molecular flexibility index (Phi) is 5.29. The van der Waals surface area contributed by atoms with Crippen LogP contribution in [0, 0.1) is 12.8 Å². The Bertz CT molecular complexity index is 980. The van der Waals surface area contributed by atoms with Gasteiger partial charge in [-0.15, -0.1) is 0 Å². The van der Waals surface area contributed by atoms with Crippen LogP contribution in [0.2, 0.25) is 0 Å². The molecule has 5 heterocycles. The van der Waals surface area contributed by atoms with Crippen LogP contribution in [0.1, 0.15) is 48.0 Å². The molecule has 3 aliphatic heterocycles. The zero-order chi connectivity index (χ0) is 20.8. The lowest BCUT2D eigenvalue weighted by Gasteiger charge is -2.43. The van der Waals surface area contributed by atoms with Crippen LogP contribution < -0.4 is 5.56 Å². The molecule has 0 radical (unpaired) electrons. The van der Waals surface area contributed by atoms with E-state index in [0.717, 1.165) is 57.0 Å².